The molecule has 7 nitrogen and oxygen atoms in total. The number of aromatic nitrogens is 1. The van der Waals surface area contributed by atoms with Gasteiger partial charge in [-0.1, -0.05) is 30.3 Å². The summed E-state index contributed by atoms with van der Waals surface area (Å²) >= 11 is 0. The van der Waals surface area contributed by atoms with Gasteiger partial charge in [-0.2, -0.15) is 0 Å². The van der Waals surface area contributed by atoms with Gasteiger partial charge in [0.1, 0.15) is 11.8 Å². The number of amides is 2. The Kier molecular flexibility index (Phi) is 5.42. The van der Waals surface area contributed by atoms with E-state index in [1.807, 2.05) is 30.5 Å². The number of hydrogen-bond acceptors (Lipinski definition) is 4. The Balaban J connectivity index is 1.66. The Labute approximate surface area is 156 Å². The highest BCUT2D eigenvalue weighted by Gasteiger charge is 2.23. The number of aromatic hydroxyl groups is 1. The number of hydrogen-bond donors (Lipinski definition) is 5. The lowest BCUT2D eigenvalue weighted by atomic mass is 10.0. The zero-order valence-corrected chi connectivity index (χ0v) is 14.7. The molecule has 0 fully saturated rings. The fraction of sp³-hybridized carbons (Fsp3) is 0.200. The van der Waals surface area contributed by atoms with Gasteiger partial charge in [0, 0.05) is 23.5 Å². The summed E-state index contributed by atoms with van der Waals surface area (Å²) in [4.78, 5) is 27.4. The van der Waals surface area contributed by atoms with Gasteiger partial charge in [-0.05, 0) is 35.7 Å². The van der Waals surface area contributed by atoms with Crippen molar-refractivity contribution in [2.75, 3.05) is 0 Å². The minimum absolute atomic E-state index is 0.124. The first kappa shape index (κ1) is 18.5. The molecule has 0 aliphatic heterocycles. The number of carbonyl (C=O) groups is 2. The Morgan fingerprint density at radius 1 is 1.07 bits per heavy atom. The topological polar surface area (TPSA) is 134 Å². The molecule has 1 heterocycles. The number of phenols is 1. The molecule has 7 heteroatoms. The highest BCUT2D eigenvalue weighted by atomic mass is 16.3. The third-order valence-electron chi connectivity index (χ3n) is 4.49. The first-order chi connectivity index (χ1) is 12.9. The second kappa shape index (κ2) is 7.92. The minimum atomic E-state index is -0.879. The predicted molar refractivity (Wildman–Crippen MR) is 103 cm³/mol. The van der Waals surface area contributed by atoms with Gasteiger partial charge in [-0.15, -0.1) is 0 Å². The number of rotatable bonds is 7. The molecule has 2 aromatic carbocycles. The molecule has 27 heavy (non-hydrogen) atoms. The molecule has 0 aliphatic carbocycles. The minimum Gasteiger partial charge on any atom is -0.508 e. The molecule has 3 aromatic rings. The van der Waals surface area contributed by atoms with Gasteiger partial charge in [-0.25, -0.2) is 0 Å². The molecule has 140 valence electrons. The molecule has 2 atom stereocenters. The highest BCUT2D eigenvalue weighted by Crippen LogP contribution is 2.19. The second-order valence-electron chi connectivity index (χ2n) is 6.50. The van der Waals surface area contributed by atoms with Crippen molar-refractivity contribution in [1.82, 2.24) is 10.3 Å². The number of primary amides is 1. The summed E-state index contributed by atoms with van der Waals surface area (Å²) in [5, 5.41) is 13.0. The number of H-pyrrole nitrogens is 1. The van der Waals surface area contributed by atoms with Crippen LogP contribution in [0, 0.1) is 0 Å². The molecule has 0 aliphatic rings. The van der Waals surface area contributed by atoms with Gasteiger partial charge < -0.3 is 26.9 Å². The van der Waals surface area contributed by atoms with Crippen LogP contribution in [0.2, 0.25) is 0 Å². The van der Waals surface area contributed by atoms with Crippen LogP contribution in [0.3, 0.4) is 0 Å². The zero-order valence-electron chi connectivity index (χ0n) is 14.7. The second-order valence-corrected chi connectivity index (χ2v) is 6.50. The Morgan fingerprint density at radius 2 is 1.78 bits per heavy atom. The Hall–Kier alpha value is -3.32. The average molecular weight is 366 g/mol. The summed E-state index contributed by atoms with van der Waals surface area (Å²) in [6.07, 6.45) is 2.39. The van der Waals surface area contributed by atoms with Crippen molar-refractivity contribution >= 4 is 22.7 Å². The van der Waals surface area contributed by atoms with E-state index in [1.54, 1.807) is 12.1 Å². The van der Waals surface area contributed by atoms with Crippen molar-refractivity contribution in [3.05, 3.63) is 65.9 Å². The van der Waals surface area contributed by atoms with Crippen LogP contribution in [0.4, 0.5) is 0 Å². The first-order valence-corrected chi connectivity index (χ1v) is 8.62. The van der Waals surface area contributed by atoms with E-state index in [4.69, 9.17) is 11.5 Å². The van der Waals surface area contributed by atoms with Gasteiger partial charge >= 0.3 is 0 Å². The van der Waals surface area contributed by atoms with Gasteiger partial charge in [-0.3, -0.25) is 9.59 Å². The molecule has 3 rings (SSSR count). The van der Waals surface area contributed by atoms with E-state index in [1.165, 1.54) is 12.1 Å². The van der Waals surface area contributed by atoms with Gasteiger partial charge in [0.05, 0.1) is 6.04 Å². The Morgan fingerprint density at radius 3 is 2.48 bits per heavy atom. The molecular weight excluding hydrogens is 344 g/mol. The summed E-state index contributed by atoms with van der Waals surface area (Å²) in [5.74, 6) is -0.960. The summed E-state index contributed by atoms with van der Waals surface area (Å²) in [7, 11) is 0. The fourth-order valence-corrected chi connectivity index (χ4v) is 3.00. The van der Waals surface area contributed by atoms with E-state index < -0.39 is 23.9 Å². The third-order valence-corrected chi connectivity index (χ3v) is 4.49. The lowest BCUT2D eigenvalue weighted by Crippen LogP contribution is -2.51. The zero-order chi connectivity index (χ0) is 19.4. The monoisotopic (exact) mass is 366 g/mol. The number of phenolic OH excluding ortho intramolecular Hbond substituents is 1. The van der Waals surface area contributed by atoms with E-state index in [9.17, 15) is 14.7 Å². The molecule has 0 radical (unpaired) electrons. The molecule has 0 unspecified atom stereocenters. The lowest BCUT2D eigenvalue weighted by molar-refractivity contribution is -0.128. The van der Waals surface area contributed by atoms with E-state index in [0.717, 1.165) is 22.0 Å². The van der Waals surface area contributed by atoms with Crippen molar-refractivity contribution in [2.45, 2.75) is 24.9 Å². The van der Waals surface area contributed by atoms with Gasteiger partial charge in [0.15, 0.2) is 0 Å². The molecule has 0 spiro atoms. The van der Waals surface area contributed by atoms with Crippen molar-refractivity contribution in [3.8, 4) is 5.75 Å². The van der Waals surface area contributed by atoms with Crippen molar-refractivity contribution in [1.29, 1.82) is 0 Å². The maximum Gasteiger partial charge on any atom is 0.240 e. The first-order valence-electron chi connectivity index (χ1n) is 8.62. The molecule has 7 N–H and O–H groups in total. The largest absolute Gasteiger partial charge is 0.508 e. The van der Waals surface area contributed by atoms with Crippen LogP contribution >= 0.6 is 0 Å². The van der Waals surface area contributed by atoms with E-state index in [-0.39, 0.29) is 12.2 Å². The number of benzene rings is 2. The van der Waals surface area contributed by atoms with Crippen LogP contribution in [-0.4, -0.2) is 34.0 Å². The smallest absolute Gasteiger partial charge is 0.240 e. The van der Waals surface area contributed by atoms with Gasteiger partial charge in [0.2, 0.25) is 11.8 Å². The summed E-state index contributed by atoms with van der Waals surface area (Å²) in [5.41, 5.74) is 14.1. The fourth-order valence-electron chi connectivity index (χ4n) is 3.00. The van der Waals surface area contributed by atoms with Crippen molar-refractivity contribution in [3.63, 3.8) is 0 Å². The van der Waals surface area contributed by atoms with E-state index in [0.29, 0.717) is 6.42 Å². The van der Waals surface area contributed by atoms with Crippen molar-refractivity contribution < 1.29 is 14.7 Å². The van der Waals surface area contributed by atoms with Crippen LogP contribution in [0.5, 0.6) is 5.75 Å². The van der Waals surface area contributed by atoms with E-state index in [2.05, 4.69) is 10.3 Å². The number of para-hydroxylation sites is 1. The lowest BCUT2D eigenvalue weighted by Gasteiger charge is -2.18. The quantitative estimate of drug-likeness (QED) is 0.426. The maximum atomic E-state index is 12.5. The molecule has 1 aromatic heterocycles. The Bertz CT molecular complexity index is 949. The normalized spacial score (nSPS) is 13.2. The summed E-state index contributed by atoms with van der Waals surface area (Å²) in [6.45, 7) is 0. The van der Waals surface area contributed by atoms with Gasteiger partial charge in [0.25, 0.3) is 0 Å². The SMILES string of the molecule is NC(=O)[C@@H](Cc1ccc(O)cc1)NC(=O)[C@@H](N)Cc1c[nH]c2ccccc12. The summed E-state index contributed by atoms with van der Waals surface area (Å²) in [6, 6.07) is 12.4. The van der Waals surface area contributed by atoms with Crippen LogP contribution in [-0.2, 0) is 22.4 Å². The van der Waals surface area contributed by atoms with Crippen LogP contribution in [0.15, 0.2) is 54.7 Å². The van der Waals surface area contributed by atoms with Crippen LogP contribution in [0.25, 0.3) is 10.9 Å². The highest BCUT2D eigenvalue weighted by molar-refractivity contribution is 5.90. The number of nitrogens with two attached hydrogens (primary N) is 2. The van der Waals surface area contributed by atoms with E-state index >= 15 is 0 Å². The standard InChI is InChI=1S/C20H22N4O3/c21-16(10-13-11-23-17-4-2-1-3-15(13)17)20(27)24-18(19(22)26)9-12-5-7-14(25)8-6-12/h1-8,11,16,18,23,25H,9-10,21H2,(H2,22,26)(H,24,27)/t16-,18+/m0/s1. The van der Waals surface area contributed by atoms with Crippen LogP contribution in [0.1, 0.15) is 11.1 Å². The molecule has 0 saturated carbocycles. The number of fused-ring (bicyclic) bond motifs is 1. The van der Waals surface area contributed by atoms with Crippen molar-refractivity contribution in [2.24, 2.45) is 11.5 Å². The number of aromatic amines is 1. The van der Waals surface area contributed by atoms with Crippen LogP contribution < -0.4 is 16.8 Å². The third kappa shape index (κ3) is 4.45. The maximum absolute atomic E-state index is 12.5. The predicted octanol–water partition coefficient (Wildman–Crippen LogP) is 0.956. The molecule has 0 saturated heterocycles. The molecular formula is C20H22N4O3. The number of nitrogens with one attached hydrogen (secondary N) is 2. The average Bonchev–Trinajstić information content (AvgIpc) is 3.05. The molecule has 2 amide bonds. The number of carbonyl (C=O) groups excluding carboxylic acids is 2. The summed E-state index contributed by atoms with van der Waals surface area (Å²) < 4.78 is 0. The molecule has 0 bridgehead atoms.